The maximum Gasteiger partial charge on any atom is 0.216 e. The van der Waals surface area contributed by atoms with Gasteiger partial charge in [-0.15, -0.1) is 0 Å². The number of hydrogen-bond acceptors (Lipinski definition) is 3. The van der Waals surface area contributed by atoms with Gasteiger partial charge in [-0.1, -0.05) is 41.6 Å². The second-order valence-electron chi connectivity index (χ2n) is 5.25. The molecule has 0 atom stereocenters. The van der Waals surface area contributed by atoms with Crippen molar-refractivity contribution in [1.82, 2.24) is 4.40 Å². The number of rotatable bonds is 3. The quantitative estimate of drug-likeness (QED) is 0.347. The molecule has 22 heavy (non-hydrogen) atoms. The molecule has 0 saturated carbocycles. The Morgan fingerprint density at radius 2 is 1.77 bits per heavy atom. The number of ketones is 1. The Hall–Kier alpha value is -2.88. The fourth-order valence-electron chi connectivity index (χ4n) is 2.74. The molecule has 1 aromatic carbocycles. The monoisotopic (exact) mass is 292 g/mol. The van der Waals surface area contributed by atoms with Crippen LogP contribution < -0.4 is 0 Å². The Morgan fingerprint density at radius 3 is 2.45 bits per heavy atom. The fraction of sp³-hybridized carbons (Fsp3) is 0.111. The van der Waals surface area contributed by atoms with Gasteiger partial charge in [-0.25, -0.2) is 0 Å². The minimum Gasteiger partial charge on any atom is -0.410 e. The molecule has 0 amide bonds. The van der Waals surface area contributed by atoms with Crippen molar-refractivity contribution >= 4 is 17.0 Å². The van der Waals surface area contributed by atoms with Gasteiger partial charge in [-0.3, -0.25) is 4.79 Å². The topological polar surface area (TPSA) is 54.1 Å². The van der Waals surface area contributed by atoms with E-state index in [9.17, 15) is 10.0 Å². The average Bonchev–Trinajstić information content (AvgIpc) is 2.87. The number of pyridine rings is 1. The molecule has 4 nitrogen and oxygen atoms in total. The molecule has 4 heteroatoms. The summed E-state index contributed by atoms with van der Waals surface area (Å²) in [6.45, 7) is 3.86. The lowest BCUT2D eigenvalue weighted by atomic mass is 10.0. The van der Waals surface area contributed by atoms with E-state index in [1.54, 1.807) is 24.3 Å². The number of aryl methyl sites for hydroxylation is 2. The summed E-state index contributed by atoms with van der Waals surface area (Å²) in [6.07, 6.45) is 0. The summed E-state index contributed by atoms with van der Waals surface area (Å²) >= 11 is 0. The van der Waals surface area contributed by atoms with Gasteiger partial charge in [-0.05, 0) is 37.6 Å². The average molecular weight is 292 g/mol. The summed E-state index contributed by atoms with van der Waals surface area (Å²) in [6, 6.07) is 16.7. The van der Waals surface area contributed by atoms with Gasteiger partial charge < -0.3 is 9.61 Å². The summed E-state index contributed by atoms with van der Waals surface area (Å²) in [4.78, 5) is 12.7. The van der Waals surface area contributed by atoms with Crippen molar-refractivity contribution in [3.05, 3.63) is 77.1 Å². The molecule has 0 aliphatic heterocycles. The highest BCUT2D eigenvalue weighted by atomic mass is 16.4. The van der Waals surface area contributed by atoms with Crippen LogP contribution in [0.25, 0.3) is 5.52 Å². The molecule has 0 saturated heterocycles. The highest BCUT2D eigenvalue weighted by molar-refractivity contribution is 6.51. The largest absolute Gasteiger partial charge is 0.410 e. The van der Waals surface area contributed by atoms with Crippen LogP contribution in [0.2, 0.25) is 0 Å². The molecule has 3 aromatic rings. The summed E-state index contributed by atoms with van der Waals surface area (Å²) in [5.74, 6) is -0.297. The standard InChI is InChI=1S/C18H16N2O2/c1-12-11-15-10-6-7-13(2)20(15)17(12)16(19-22)18(21)14-8-4-3-5-9-14/h3-11,22H,1-2H3. The van der Waals surface area contributed by atoms with E-state index in [0.29, 0.717) is 11.3 Å². The molecule has 0 unspecified atom stereocenters. The predicted molar refractivity (Wildman–Crippen MR) is 86.0 cm³/mol. The van der Waals surface area contributed by atoms with Gasteiger partial charge in [0.15, 0.2) is 5.71 Å². The first-order chi connectivity index (χ1) is 10.6. The van der Waals surface area contributed by atoms with Crippen LogP contribution >= 0.6 is 0 Å². The molecule has 0 spiro atoms. The highest BCUT2D eigenvalue weighted by Crippen LogP contribution is 2.20. The Labute approximate surface area is 128 Å². The zero-order valence-corrected chi connectivity index (χ0v) is 12.4. The fourth-order valence-corrected chi connectivity index (χ4v) is 2.74. The first-order valence-corrected chi connectivity index (χ1v) is 7.03. The normalized spacial score (nSPS) is 11.8. The van der Waals surface area contributed by atoms with Crippen molar-refractivity contribution in [2.24, 2.45) is 5.16 Å². The number of Topliss-reactive ketones (excluding diaryl/α,β-unsaturated/α-hetero) is 1. The highest BCUT2D eigenvalue weighted by Gasteiger charge is 2.22. The molecule has 0 radical (unpaired) electrons. The third-order valence-electron chi connectivity index (χ3n) is 3.75. The molecule has 0 fully saturated rings. The van der Waals surface area contributed by atoms with Crippen molar-refractivity contribution in [3.63, 3.8) is 0 Å². The smallest absolute Gasteiger partial charge is 0.216 e. The zero-order chi connectivity index (χ0) is 15.7. The molecule has 1 N–H and O–H groups in total. The van der Waals surface area contributed by atoms with Gasteiger partial charge in [0.2, 0.25) is 5.78 Å². The van der Waals surface area contributed by atoms with E-state index in [-0.39, 0.29) is 11.5 Å². The number of fused-ring (bicyclic) bond motifs is 1. The molecular formula is C18H16N2O2. The molecule has 0 bridgehead atoms. The minimum absolute atomic E-state index is 0.0537. The molecule has 2 heterocycles. The van der Waals surface area contributed by atoms with Crippen molar-refractivity contribution in [1.29, 1.82) is 0 Å². The summed E-state index contributed by atoms with van der Waals surface area (Å²) in [7, 11) is 0. The zero-order valence-electron chi connectivity index (χ0n) is 12.4. The van der Waals surface area contributed by atoms with Crippen LogP contribution in [0.1, 0.15) is 27.3 Å². The van der Waals surface area contributed by atoms with Gasteiger partial charge >= 0.3 is 0 Å². The lowest BCUT2D eigenvalue weighted by Gasteiger charge is -2.09. The maximum atomic E-state index is 12.7. The first kappa shape index (κ1) is 14.1. The van der Waals surface area contributed by atoms with Crippen LogP contribution in [-0.4, -0.2) is 21.1 Å². The Balaban J connectivity index is 2.21. The van der Waals surface area contributed by atoms with Crippen LogP contribution in [0.3, 0.4) is 0 Å². The number of hydrogen-bond donors (Lipinski definition) is 1. The van der Waals surface area contributed by atoms with E-state index >= 15 is 0 Å². The van der Waals surface area contributed by atoms with Crippen molar-refractivity contribution in [3.8, 4) is 0 Å². The van der Waals surface area contributed by atoms with Crippen molar-refractivity contribution in [2.45, 2.75) is 13.8 Å². The third kappa shape index (κ3) is 2.19. The summed E-state index contributed by atoms with van der Waals surface area (Å²) < 4.78 is 1.94. The van der Waals surface area contributed by atoms with Crippen LogP contribution in [0, 0.1) is 13.8 Å². The Bertz CT molecular complexity index is 877. The lowest BCUT2D eigenvalue weighted by molar-refractivity contribution is 0.106. The number of carbonyl (C=O) groups excluding carboxylic acids is 1. The van der Waals surface area contributed by atoms with Crippen LogP contribution in [0.5, 0.6) is 0 Å². The van der Waals surface area contributed by atoms with E-state index in [0.717, 1.165) is 16.8 Å². The molecule has 110 valence electrons. The number of benzene rings is 1. The molecule has 3 rings (SSSR count). The van der Waals surface area contributed by atoms with E-state index in [2.05, 4.69) is 5.16 Å². The van der Waals surface area contributed by atoms with Crippen molar-refractivity contribution < 1.29 is 10.0 Å². The molecular weight excluding hydrogens is 276 g/mol. The van der Waals surface area contributed by atoms with E-state index in [4.69, 9.17) is 0 Å². The SMILES string of the molecule is Cc1cc2cccc(C)n2c1C(=NO)C(=O)c1ccccc1. The number of carbonyl (C=O) groups is 1. The Morgan fingerprint density at radius 1 is 1.05 bits per heavy atom. The molecule has 2 aromatic heterocycles. The van der Waals surface area contributed by atoms with Crippen LogP contribution in [-0.2, 0) is 0 Å². The molecule has 0 aliphatic rings. The minimum atomic E-state index is -0.297. The van der Waals surface area contributed by atoms with E-state index in [1.807, 2.05) is 48.6 Å². The van der Waals surface area contributed by atoms with Crippen LogP contribution in [0.4, 0.5) is 0 Å². The summed E-state index contributed by atoms with van der Waals surface area (Å²) in [5.41, 5.74) is 4.02. The van der Waals surface area contributed by atoms with Crippen LogP contribution in [0.15, 0.2) is 59.8 Å². The number of oxime groups is 1. The van der Waals surface area contributed by atoms with Gasteiger partial charge in [-0.2, -0.15) is 0 Å². The first-order valence-electron chi connectivity index (χ1n) is 7.03. The lowest BCUT2D eigenvalue weighted by Crippen LogP contribution is -2.19. The van der Waals surface area contributed by atoms with Gasteiger partial charge in [0.1, 0.15) is 0 Å². The predicted octanol–water partition coefficient (Wildman–Crippen LogP) is 3.62. The van der Waals surface area contributed by atoms with Gasteiger partial charge in [0.05, 0.1) is 5.69 Å². The van der Waals surface area contributed by atoms with Gasteiger partial charge in [0.25, 0.3) is 0 Å². The van der Waals surface area contributed by atoms with Gasteiger partial charge in [0, 0.05) is 16.8 Å². The second kappa shape index (κ2) is 5.48. The second-order valence-corrected chi connectivity index (χ2v) is 5.25. The van der Waals surface area contributed by atoms with Crippen molar-refractivity contribution in [2.75, 3.05) is 0 Å². The Kier molecular flexibility index (Phi) is 3.51. The number of nitrogens with zero attached hydrogens (tertiary/aromatic N) is 2. The van der Waals surface area contributed by atoms with E-state index in [1.165, 1.54) is 0 Å². The third-order valence-corrected chi connectivity index (χ3v) is 3.75. The van der Waals surface area contributed by atoms with E-state index < -0.39 is 0 Å². The summed E-state index contributed by atoms with van der Waals surface area (Å²) in [5, 5.41) is 12.8. The maximum absolute atomic E-state index is 12.7. The number of aromatic nitrogens is 1. The molecule has 0 aliphatic carbocycles.